The van der Waals surface area contributed by atoms with Crippen molar-refractivity contribution in [2.24, 2.45) is 5.73 Å². The van der Waals surface area contributed by atoms with Crippen LogP contribution in [0.3, 0.4) is 0 Å². The van der Waals surface area contributed by atoms with E-state index < -0.39 is 0 Å². The molecule has 0 spiro atoms. The fourth-order valence-corrected chi connectivity index (χ4v) is 2.69. The number of hydrogen-bond acceptors (Lipinski definition) is 6. The van der Waals surface area contributed by atoms with Gasteiger partial charge in [0.25, 0.3) is 0 Å². The predicted molar refractivity (Wildman–Crippen MR) is 83.4 cm³/mol. The molecule has 1 aliphatic rings. The van der Waals surface area contributed by atoms with Gasteiger partial charge in [0.2, 0.25) is 5.89 Å². The minimum atomic E-state index is 0.370. The molecule has 3 rings (SSSR count). The van der Waals surface area contributed by atoms with Crippen LogP contribution in [0.4, 0.5) is 5.82 Å². The first-order valence-corrected chi connectivity index (χ1v) is 7.40. The van der Waals surface area contributed by atoms with Crippen molar-refractivity contribution in [3.63, 3.8) is 0 Å². The van der Waals surface area contributed by atoms with Crippen LogP contribution in [-0.4, -0.2) is 26.7 Å². The Morgan fingerprint density at radius 3 is 3.00 bits per heavy atom. The molecule has 2 aromatic heterocycles. The summed E-state index contributed by atoms with van der Waals surface area (Å²) in [6, 6.07) is 2.07. The lowest BCUT2D eigenvalue weighted by atomic mass is 10.1. The van der Waals surface area contributed by atoms with E-state index in [2.05, 4.69) is 26.5 Å². The Morgan fingerprint density at radius 2 is 2.29 bits per heavy atom. The number of pyridine rings is 1. The second kappa shape index (κ2) is 5.77. The van der Waals surface area contributed by atoms with Crippen molar-refractivity contribution in [1.29, 1.82) is 0 Å². The highest BCUT2D eigenvalue weighted by atomic mass is 32.1. The first-order valence-electron chi connectivity index (χ1n) is 6.99. The van der Waals surface area contributed by atoms with Crippen LogP contribution >= 0.6 is 12.2 Å². The summed E-state index contributed by atoms with van der Waals surface area (Å²) in [6.07, 6.45) is 3.88. The Morgan fingerprint density at radius 1 is 1.43 bits per heavy atom. The van der Waals surface area contributed by atoms with Crippen LogP contribution in [0.5, 0.6) is 0 Å². The van der Waals surface area contributed by atoms with Gasteiger partial charge in [0.05, 0.1) is 5.56 Å². The van der Waals surface area contributed by atoms with Crippen LogP contribution in [0.1, 0.15) is 35.0 Å². The molecule has 0 aromatic carbocycles. The molecule has 0 saturated heterocycles. The SMILES string of the molecule is Cc1nc(CCNc2nc3c(cc2C(N)=S)CCC3)no1. The number of nitrogens with zero attached hydrogens (tertiary/aromatic N) is 3. The third kappa shape index (κ3) is 3.02. The summed E-state index contributed by atoms with van der Waals surface area (Å²) in [5.41, 5.74) is 9.03. The van der Waals surface area contributed by atoms with Gasteiger partial charge in [-0.3, -0.25) is 0 Å². The lowest BCUT2D eigenvalue weighted by Gasteiger charge is -2.12. The summed E-state index contributed by atoms with van der Waals surface area (Å²) in [6.45, 7) is 2.43. The molecule has 0 bridgehead atoms. The Kier molecular flexibility index (Phi) is 3.83. The maximum Gasteiger partial charge on any atom is 0.223 e. The molecule has 1 aliphatic carbocycles. The summed E-state index contributed by atoms with van der Waals surface area (Å²) in [5, 5.41) is 7.15. The quantitative estimate of drug-likeness (QED) is 0.810. The molecular weight excluding hydrogens is 286 g/mol. The van der Waals surface area contributed by atoms with Crippen molar-refractivity contribution >= 4 is 23.0 Å². The van der Waals surface area contributed by atoms with Crippen molar-refractivity contribution in [1.82, 2.24) is 15.1 Å². The zero-order valence-electron chi connectivity index (χ0n) is 11.8. The Bertz CT molecular complexity index is 682. The summed E-state index contributed by atoms with van der Waals surface area (Å²) in [5.74, 6) is 2.01. The molecule has 2 heterocycles. The van der Waals surface area contributed by atoms with Gasteiger partial charge in [-0.1, -0.05) is 17.4 Å². The number of nitrogens with two attached hydrogens (primary N) is 1. The maximum absolute atomic E-state index is 5.81. The van der Waals surface area contributed by atoms with E-state index >= 15 is 0 Å². The summed E-state index contributed by atoms with van der Waals surface area (Å²) in [7, 11) is 0. The van der Waals surface area contributed by atoms with Gasteiger partial charge in [0.15, 0.2) is 5.82 Å². The van der Waals surface area contributed by atoms with E-state index in [4.69, 9.17) is 22.5 Å². The first-order chi connectivity index (χ1) is 10.1. The molecular formula is C14H17N5OS. The van der Waals surface area contributed by atoms with E-state index in [1.807, 2.05) is 0 Å². The molecule has 3 N–H and O–H groups in total. The number of aromatic nitrogens is 3. The fraction of sp³-hybridized carbons (Fsp3) is 0.429. The second-order valence-electron chi connectivity index (χ2n) is 5.11. The third-order valence-electron chi connectivity index (χ3n) is 3.53. The van der Waals surface area contributed by atoms with Gasteiger partial charge in [0.1, 0.15) is 10.8 Å². The van der Waals surface area contributed by atoms with Gasteiger partial charge in [-0.05, 0) is 30.9 Å². The lowest BCUT2D eigenvalue weighted by molar-refractivity contribution is 0.387. The van der Waals surface area contributed by atoms with Crippen LogP contribution in [-0.2, 0) is 19.3 Å². The first kappa shape index (κ1) is 13.9. The molecule has 21 heavy (non-hydrogen) atoms. The Labute approximate surface area is 128 Å². The molecule has 0 aliphatic heterocycles. The number of hydrogen-bond donors (Lipinski definition) is 2. The molecule has 7 heteroatoms. The lowest BCUT2D eigenvalue weighted by Crippen LogP contribution is -2.17. The maximum atomic E-state index is 5.81. The molecule has 0 saturated carbocycles. The summed E-state index contributed by atoms with van der Waals surface area (Å²) >= 11 is 5.13. The van der Waals surface area contributed by atoms with Gasteiger partial charge in [0, 0.05) is 25.6 Å². The molecule has 6 nitrogen and oxygen atoms in total. The van der Waals surface area contributed by atoms with Crippen molar-refractivity contribution in [2.45, 2.75) is 32.6 Å². The van der Waals surface area contributed by atoms with Crippen LogP contribution in [0, 0.1) is 6.92 Å². The van der Waals surface area contributed by atoms with E-state index in [0.29, 0.717) is 29.7 Å². The number of thiocarbonyl (C=S) groups is 1. The molecule has 0 atom stereocenters. The smallest absolute Gasteiger partial charge is 0.223 e. The molecule has 2 aromatic rings. The number of nitrogens with one attached hydrogen (secondary N) is 1. The van der Waals surface area contributed by atoms with E-state index in [1.165, 1.54) is 5.56 Å². The number of aryl methyl sites for hydroxylation is 3. The van der Waals surface area contributed by atoms with Crippen molar-refractivity contribution in [3.05, 3.63) is 34.6 Å². The predicted octanol–water partition coefficient (Wildman–Crippen LogP) is 1.55. The van der Waals surface area contributed by atoms with Gasteiger partial charge in [-0.15, -0.1) is 0 Å². The monoisotopic (exact) mass is 303 g/mol. The average Bonchev–Trinajstić information content (AvgIpc) is 3.06. The highest BCUT2D eigenvalue weighted by molar-refractivity contribution is 7.80. The van der Waals surface area contributed by atoms with Crippen molar-refractivity contribution in [2.75, 3.05) is 11.9 Å². The standard InChI is InChI=1S/C14H17N5OS/c1-8-17-12(19-20-8)5-6-16-14-10(13(15)21)7-9-3-2-4-11(9)18-14/h7H,2-6H2,1H3,(H2,15,21)(H,16,18). The van der Waals surface area contributed by atoms with Gasteiger partial charge in [-0.25, -0.2) is 4.98 Å². The minimum Gasteiger partial charge on any atom is -0.389 e. The summed E-state index contributed by atoms with van der Waals surface area (Å²) in [4.78, 5) is 9.21. The minimum absolute atomic E-state index is 0.370. The molecule has 0 unspecified atom stereocenters. The molecule has 0 amide bonds. The number of anilines is 1. The van der Waals surface area contributed by atoms with Gasteiger partial charge in [-0.2, -0.15) is 4.98 Å². The molecule has 0 fully saturated rings. The summed E-state index contributed by atoms with van der Waals surface area (Å²) < 4.78 is 4.94. The average molecular weight is 303 g/mol. The van der Waals surface area contributed by atoms with Gasteiger partial charge >= 0.3 is 0 Å². The zero-order valence-corrected chi connectivity index (χ0v) is 12.7. The van der Waals surface area contributed by atoms with E-state index in [0.717, 1.165) is 36.3 Å². The highest BCUT2D eigenvalue weighted by Gasteiger charge is 2.17. The number of rotatable bonds is 5. The topological polar surface area (TPSA) is 89.9 Å². The van der Waals surface area contributed by atoms with Crippen LogP contribution in [0.2, 0.25) is 0 Å². The van der Waals surface area contributed by atoms with Crippen LogP contribution < -0.4 is 11.1 Å². The highest BCUT2D eigenvalue weighted by Crippen LogP contribution is 2.25. The van der Waals surface area contributed by atoms with Gasteiger partial charge < -0.3 is 15.6 Å². The fourth-order valence-electron chi connectivity index (χ4n) is 2.53. The van der Waals surface area contributed by atoms with Crippen molar-refractivity contribution in [3.8, 4) is 0 Å². The van der Waals surface area contributed by atoms with Crippen molar-refractivity contribution < 1.29 is 4.52 Å². The van der Waals surface area contributed by atoms with E-state index in [1.54, 1.807) is 6.92 Å². The van der Waals surface area contributed by atoms with Crippen LogP contribution in [0.15, 0.2) is 10.6 Å². The van der Waals surface area contributed by atoms with E-state index in [9.17, 15) is 0 Å². The largest absolute Gasteiger partial charge is 0.389 e. The Balaban J connectivity index is 1.73. The zero-order chi connectivity index (χ0) is 14.8. The Hall–Kier alpha value is -2.02. The number of fused-ring (bicyclic) bond motifs is 1. The van der Waals surface area contributed by atoms with Crippen LogP contribution in [0.25, 0.3) is 0 Å². The van der Waals surface area contributed by atoms with E-state index in [-0.39, 0.29) is 0 Å². The second-order valence-corrected chi connectivity index (χ2v) is 5.55. The third-order valence-corrected chi connectivity index (χ3v) is 3.75. The molecule has 0 radical (unpaired) electrons. The molecule has 110 valence electrons. The normalized spacial score (nSPS) is 13.2.